The van der Waals surface area contributed by atoms with Crippen LogP contribution in [-0.4, -0.2) is 35.8 Å². The summed E-state index contributed by atoms with van der Waals surface area (Å²) in [7, 11) is 3.26. The second-order valence-electron chi connectivity index (χ2n) is 6.79. The molecule has 0 saturated carbocycles. The molecule has 0 radical (unpaired) electrons. The molecule has 0 spiro atoms. The van der Waals surface area contributed by atoms with E-state index in [4.69, 9.17) is 26.4 Å². The first-order valence-corrected chi connectivity index (χ1v) is 10.4. The monoisotopic (exact) mass is 437 g/mol. The molecule has 0 bridgehead atoms. The lowest BCUT2D eigenvalue weighted by Crippen LogP contribution is -2.33. The maximum absolute atomic E-state index is 5.76. The molecule has 162 valence electrons. The van der Waals surface area contributed by atoms with Crippen LogP contribution >= 0.6 is 12.2 Å². The van der Waals surface area contributed by atoms with Crippen molar-refractivity contribution in [1.82, 2.24) is 9.88 Å². The van der Waals surface area contributed by atoms with Crippen molar-refractivity contribution < 1.29 is 14.2 Å². The van der Waals surface area contributed by atoms with Gasteiger partial charge in [-0.3, -0.25) is 4.98 Å². The minimum atomic E-state index is 0.595. The van der Waals surface area contributed by atoms with E-state index < -0.39 is 0 Å². The lowest BCUT2D eigenvalue weighted by molar-refractivity contribution is 0.340. The normalized spacial score (nSPS) is 10.3. The van der Waals surface area contributed by atoms with Gasteiger partial charge in [-0.15, -0.1) is 0 Å². The first-order chi connectivity index (χ1) is 15.1. The topological polar surface area (TPSA) is 55.9 Å². The van der Waals surface area contributed by atoms with E-state index >= 15 is 0 Å². The number of benzene rings is 2. The molecule has 6 nitrogen and oxygen atoms in total. The molecule has 0 aliphatic rings. The molecule has 1 aromatic heterocycles. The van der Waals surface area contributed by atoms with Gasteiger partial charge in [0.2, 0.25) is 0 Å². The van der Waals surface area contributed by atoms with E-state index in [0.29, 0.717) is 36.3 Å². The summed E-state index contributed by atoms with van der Waals surface area (Å²) in [4.78, 5) is 6.31. The summed E-state index contributed by atoms with van der Waals surface area (Å²) >= 11 is 5.76. The second kappa shape index (κ2) is 11.2. The van der Waals surface area contributed by atoms with Crippen LogP contribution in [0.4, 0.5) is 5.69 Å². The number of thiocarbonyl (C=S) groups is 1. The third-order valence-electron chi connectivity index (χ3n) is 4.62. The van der Waals surface area contributed by atoms with Crippen LogP contribution in [0.3, 0.4) is 0 Å². The number of methoxy groups -OCH3 is 2. The molecule has 0 fully saturated rings. The highest BCUT2D eigenvalue weighted by Crippen LogP contribution is 2.28. The van der Waals surface area contributed by atoms with Gasteiger partial charge < -0.3 is 24.4 Å². The van der Waals surface area contributed by atoms with Gasteiger partial charge in [-0.2, -0.15) is 0 Å². The first kappa shape index (κ1) is 22.4. The number of rotatable bonds is 9. The number of ether oxygens (including phenoxy) is 3. The number of nitrogens with zero attached hydrogens (tertiary/aromatic N) is 2. The maximum Gasteiger partial charge on any atom is 0.174 e. The van der Waals surface area contributed by atoms with Crippen LogP contribution < -0.4 is 19.5 Å². The molecule has 3 aromatic rings. The van der Waals surface area contributed by atoms with E-state index in [2.05, 4.69) is 15.2 Å². The number of hydrogen-bond donors (Lipinski definition) is 1. The van der Waals surface area contributed by atoms with E-state index in [1.54, 1.807) is 20.4 Å². The van der Waals surface area contributed by atoms with Gasteiger partial charge >= 0.3 is 0 Å². The van der Waals surface area contributed by atoms with Crippen LogP contribution in [0, 0.1) is 0 Å². The molecule has 0 amide bonds. The van der Waals surface area contributed by atoms with Crippen LogP contribution in [-0.2, 0) is 13.1 Å². The van der Waals surface area contributed by atoms with Gasteiger partial charge in [-0.05, 0) is 72.7 Å². The minimum absolute atomic E-state index is 0.595. The molecule has 0 saturated heterocycles. The molecular formula is C24H27N3O3S. The summed E-state index contributed by atoms with van der Waals surface area (Å²) in [5.41, 5.74) is 3.02. The molecule has 1 heterocycles. The van der Waals surface area contributed by atoms with Crippen LogP contribution in [0.1, 0.15) is 18.1 Å². The smallest absolute Gasteiger partial charge is 0.174 e. The number of aromatic nitrogens is 1. The zero-order valence-electron chi connectivity index (χ0n) is 18.0. The SMILES string of the molecule is CCOc1ccc(NC(=S)N(Cc2cccnc2)Cc2ccc(OC)c(OC)c2)cc1. The average Bonchev–Trinajstić information content (AvgIpc) is 2.80. The fourth-order valence-electron chi connectivity index (χ4n) is 3.11. The fourth-order valence-corrected chi connectivity index (χ4v) is 3.36. The fraction of sp³-hybridized carbons (Fsp3) is 0.250. The Labute approximate surface area is 188 Å². The Morgan fingerprint density at radius 3 is 2.35 bits per heavy atom. The standard InChI is InChI=1S/C24H27N3O3S/c1-4-30-21-10-8-20(9-11-21)26-24(31)27(17-19-6-5-13-25-15-19)16-18-7-12-22(28-2)23(14-18)29-3/h5-15H,4,16-17H2,1-3H3,(H,26,31). The van der Waals surface area contributed by atoms with Crippen molar-refractivity contribution in [3.63, 3.8) is 0 Å². The number of anilines is 1. The third kappa shape index (κ3) is 6.33. The lowest BCUT2D eigenvalue weighted by atomic mass is 10.1. The van der Waals surface area contributed by atoms with Gasteiger partial charge in [-0.25, -0.2) is 0 Å². The van der Waals surface area contributed by atoms with Gasteiger partial charge in [-0.1, -0.05) is 12.1 Å². The summed E-state index contributed by atoms with van der Waals surface area (Å²) in [6.07, 6.45) is 3.61. The van der Waals surface area contributed by atoms with Crippen molar-refractivity contribution in [2.45, 2.75) is 20.0 Å². The maximum atomic E-state index is 5.76. The van der Waals surface area contributed by atoms with Gasteiger partial charge in [0.05, 0.1) is 20.8 Å². The van der Waals surface area contributed by atoms with Crippen LogP contribution in [0.15, 0.2) is 67.0 Å². The van der Waals surface area contributed by atoms with E-state index in [0.717, 1.165) is 22.6 Å². The van der Waals surface area contributed by atoms with E-state index in [1.807, 2.05) is 67.7 Å². The Morgan fingerprint density at radius 2 is 1.71 bits per heavy atom. The zero-order chi connectivity index (χ0) is 22.1. The minimum Gasteiger partial charge on any atom is -0.494 e. The van der Waals surface area contributed by atoms with E-state index in [-0.39, 0.29) is 0 Å². The number of nitrogens with one attached hydrogen (secondary N) is 1. The summed E-state index contributed by atoms with van der Waals surface area (Å²) in [6.45, 7) is 3.81. The first-order valence-electron chi connectivity index (χ1n) is 10.0. The summed E-state index contributed by atoms with van der Waals surface area (Å²) in [5.74, 6) is 2.21. The van der Waals surface area contributed by atoms with Crippen molar-refractivity contribution in [3.8, 4) is 17.2 Å². The van der Waals surface area contributed by atoms with Gasteiger partial charge in [0.25, 0.3) is 0 Å². The highest BCUT2D eigenvalue weighted by molar-refractivity contribution is 7.80. The van der Waals surface area contributed by atoms with Gasteiger partial charge in [0.15, 0.2) is 16.6 Å². The molecule has 0 aliphatic carbocycles. The third-order valence-corrected chi connectivity index (χ3v) is 4.98. The summed E-state index contributed by atoms with van der Waals surface area (Å²) in [5, 5.41) is 3.94. The molecule has 31 heavy (non-hydrogen) atoms. The Morgan fingerprint density at radius 1 is 0.968 bits per heavy atom. The van der Waals surface area contributed by atoms with Crippen molar-refractivity contribution >= 4 is 23.0 Å². The Kier molecular flexibility index (Phi) is 8.06. The second-order valence-corrected chi connectivity index (χ2v) is 7.18. The zero-order valence-corrected chi connectivity index (χ0v) is 18.8. The molecule has 0 aliphatic heterocycles. The lowest BCUT2D eigenvalue weighted by Gasteiger charge is -2.26. The molecular weight excluding hydrogens is 410 g/mol. The highest BCUT2D eigenvalue weighted by Gasteiger charge is 2.14. The molecule has 0 atom stereocenters. The molecule has 3 rings (SSSR count). The molecule has 2 aromatic carbocycles. The highest BCUT2D eigenvalue weighted by atomic mass is 32.1. The van der Waals surface area contributed by atoms with Crippen LogP contribution in [0.5, 0.6) is 17.2 Å². The van der Waals surface area contributed by atoms with Gasteiger partial charge in [0.1, 0.15) is 5.75 Å². The molecule has 1 N–H and O–H groups in total. The average molecular weight is 438 g/mol. The molecule has 0 unspecified atom stereocenters. The summed E-state index contributed by atoms with van der Waals surface area (Å²) < 4.78 is 16.3. The van der Waals surface area contributed by atoms with Crippen molar-refractivity contribution in [1.29, 1.82) is 0 Å². The summed E-state index contributed by atoms with van der Waals surface area (Å²) in [6, 6.07) is 17.6. The van der Waals surface area contributed by atoms with Crippen LogP contribution in [0.2, 0.25) is 0 Å². The van der Waals surface area contributed by atoms with E-state index in [1.165, 1.54) is 0 Å². The quantitative estimate of drug-likeness (QED) is 0.478. The van der Waals surface area contributed by atoms with Crippen molar-refractivity contribution in [2.24, 2.45) is 0 Å². The van der Waals surface area contributed by atoms with Crippen molar-refractivity contribution in [3.05, 3.63) is 78.1 Å². The number of hydrogen-bond acceptors (Lipinski definition) is 5. The Hall–Kier alpha value is -3.32. The van der Waals surface area contributed by atoms with Crippen molar-refractivity contribution in [2.75, 3.05) is 26.1 Å². The van der Waals surface area contributed by atoms with E-state index in [9.17, 15) is 0 Å². The van der Waals surface area contributed by atoms with Crippen LogP contribution in [0.25, 0.3) is 0 Å². The predicted molar refractivity (Wildman–Crippen MR) is 127 cm³/mol. The Bertz CT molecular complexity index is 981. The van der Waals surface area contributed by atoms with Gasteiger partial charge in [0, 0.05) is 31.2 Å². The largest absolute Gasteiger partial charge is 0.494 e. The molecule has 7 heteroatoms. The Balaban J connectivity index is 1.79. The number of pyridine rings is 1. The predicted octanol–water partition coefficient (Wildman–Crippen LogP) is 4.90.